The monoisotopic (exact) mass is 251 g/mol. The number of anilines is 1. The van der Waals surface area contributed by atoms with Gasteiger partial charge < -0.3 is 16.5 Å². The predicted molar refractivity (Wildman–Crippen MR) is 67.6 cm³/mol. The Hall–Kier alpha value is -2.15. The number of hydrazine groups is 1. The summed E-state index contributed by atoms with van der Waals surface area (Å²) in [5.74, 6) is 4.72. The highest BCUT2D eigenvalue weighted by Crippen LogP contribution is 2.11. The first-order valence-corrected chi connectivity index (χ1v) is 5.61. The van der Waals surface area contributed by atoms with E-state index in [0.717, 1.165) is 18.5 Å². The number of rotatable bonds is 6. The Morgan fingerprint density at radius 3 is 2.67 bits per heavy atom. The van der Waals surface area contributed by atoms with Crippen LogP contribution in [0.3, 0.4) is 0 Å². The van der Waals surface area contributed by atoms with Crippen molar-refractivity contribution >= 4 is 17.6 Å². The molecule has 1 aromatic rings. The van der Waals surface area contributed by atoms with E-state index in [4.69, 9.17) is 11.6 Å². The van der Waals surface area contributed by atoms with Crippen molar-refractivity contribution in [1.29, 1.82) is 0 Å². The van der Waals surface area contributed by atoms with Gasteiger partial charge >= 0.3 is 0 Å². The third-order valence-electron chi connectivity index (χ3n) is 2.22. The molecule has 0 radical (unpaired) electrons. The van der Waals surface area contributed by atoms with Gasteiger partial charge in [0, 0.05) is 11.3 Å². The predicted octanol–water partition coefficient (Wildman–Crippen LogP) is -0.465. The molecule has 0 aliphatic carbocycles. The van der Waals surface area contributed by atoms with Crippen LogP contribution in [0.25, 0.3) is 0 Å². The minimum atomic E-state index is -0.594. The standard InChI is InChI=1S/C11H17N5O2/c1-2-3-8-4-7(5-10(15-8)16-13)11(18)14-6-9(12)17/h4-5H,2-3,6,13H2,1H3,(H2,12,17)(H,14,18)(H,15,16). The summed E-state index contributed by atoms with van der Waals surface area (Å²) in [6, 6.07) is 3.18. The zero-order chi connectivity index (χ0) is 13.5. The second kappa shape index (κ2) is 6.55. The molecule has 0 fully saturated rings. The number of carbonyl (C=O) groups is 2. The van der Waals surface area contributed by atoms with E-state index in [2.05, 4.69) is 15.7 Å². The number of hydrogen-bond acceptors (Lipinski definition) is 5. The number of nitrogens with one attached hydrogen (secondary N) is 2. The molecule has 0 saturated heterocycles. The smallest absolute Gasteiger partial charge is 0.251 e. The fraction of sp³-hybridized carbons (Fsp3) is 0.364. The van der Waals surface area contributed by atoms with E-state index in [9.17, 15) is 9.59 Å². The number of carbonyl (C=O) groups excluding carboxylic acids is 2. The third-order valence-corrected chi connectivity index (χ3v) is 2.22. The van der Waals surface area contributed by atoms with Crippen molar-refractivity contribution in [2.45, 2.75) is 19.8 Å². The van der Waals surface area contributed by atoms with Crippen LogP contribution in [0.5, 0.6) is 0 Å². The van der Waals surface area contributed by atoms with Crippen molar-refractivity contribution in [3.8, 4) is 0 Å². The Morgan fingerprint density at radius 1 is 1.39 bits per heavy atom. The molecule has 6 N–H and O–H groups in total. The van der Waals surface area contributed by atoms with Crippen molar-refractivity contribution in [1.82, 2.24) is 10.3 Å². The van der Waals surface area contributed by atoms with Gasteiger partial charge in [0.15, 0.2) is 0 Å². The van der Waals surface area contributed by atoms with Crippen molar-refractivity contribution in [2.75, 3.05) is 12.0 Å². The Bertz CT molecular complexity index is 447. The number of nitrogen functional groups attached to an aromatic ring is 1. The van der Waals surface area contributed by atoms with Gasteiger partial charge in [0.25, 0.3) is 5.91 Å². The summed E-state index contributed by atoms with van der Waals surface area (Å²) in [6.07, 6.45) is 1.65. The van der Waals surface area contributed by atoms with Crippen molar-refractivity contribution < 1.29 is 9.59 Å². The third kappa shape index (κ3) is 4.02. The Balaban J connectivity index is 2.89. The fourth-order valence-electron chi connectivity index (χ4n) is 1.45. The molecule has 1 aromatic heterocycles. The van der Waals surface area contributed by atoms with Gasteiger partial charge in [-0.25, -0.2) is 10.8 Å². The molecule has 18 heavy (non-hydrogen) atoms. The Kier molecular flexibility index (Phi) is 5.06. The van der Waals surface area contributed by atoms with E-state index in [1.54, 1.807) is 6.07 Å². The number of hydrogen-bond donors (Lipinski definition) is 4. The molecule has 0 aromatic carbocycles. The van der Waals surface area contributed by atoms with Gasteiger partial charge in [0.2, 0.25) is 5.91 Å². The lowest BCUT2D eigenvalue weighted by Gasteiger charge is -2.08. The summed E-state index contributed by atoms with van der Waals surface area (Å²) in [4.78, 5) is 26.6. The maximum atomic E-state index is 11.8. The summed E-state index contributed by atoms with van der Waals surface area (Å²) in [5, 5.41) is 2.41. The van der Waals surface area contributed by atoms with Crippen LogP contribution in [0.15, 0.2) is 12.1 Å². The SMILES string of the molecule is CCCc1cc(C(=O)NCC(N)=O)cc(NN)n1. The lowest BCUT2D eigenvalue weighted by molar-refractivity contribution is -0.117. The Labute approximate surface area is 105 Å². The van der Waals surface area contributed by atoms with Gasteiger partial charge in [0.1, 0.15) is 5.82 Å². The molecular formula is C11H17N5O2. The number of aromatic nitrogens is 1. The molecule has 1 heterocycles. The average Bonchev–Trinajstić information content (AvgIpc) is 2.35. The van der Waals surface area contributed by atoms with Crippen LogP contribution in [-0.2, 0) is 11.2 Å². The molecule has 0 aliphatic rings. The Morgan fingerprint density at radius 2 is 2.11 bits per heavy atom. The zero-order valence-corrected chi connectivity index (χ0v) is 10.2. The average molecular weight is 251 g/mol. The van der Waals surface area contributed by atoms with Crippen LogP contribution < -0.4 is 22.3 Å². The molecule has 0 unspecified atom stereocenters. The summed E-state index contributed by atoms with van der Waals surface area (Å²) in [5.41, 5.74) is 8.51. The quantitative estimate of drug-likeness (QED) is 0.402. The number of nitrogens with two attached hydrogens (primary N) is 2. The van der Waals surface area contributed by atoms with Crippen LogP contribution in [0.4, 0.5) is 5.82 Å². The van der Waals surface area contributed by atoms with E-state index in [-0.39, 0.29) is 12.5 Å². The molecule has 0 bridgehead atoms. The highest BCUT2D eigenvalue weighted by atomic mass is 16.2. The minimum absolute atomic E-state index is 0.199. The molecule has 98 valence electrons. The largest absolute Gasteiger partial charge is 0.368 e. The topological polar surface area (TPSA) is 123 Å². The van der Waals surface area contributed by atoms with Crippen LogP contribution in [-0.4, -0.2) is 23.3 Å². The van der Waals surface area contributed by atoms with Crippen LogP contribution in [0, 0.1) is 0 Å². The van der Waals surface area contributed by atoms with E-state index in [1.807, 2.05) is 6.92 Å². The second-order valence-electron chi connectivity index (χ2n) is 3.78. The van der Waals surface area contributed by atoms with Gasteiger partial charge in [0.05, 0.1) is 6.54 Å². The normalized spacial score (nSPS) is 9.89. The van der Waals surface area contributed by atoms with Gasteiger partial charge in [-0.05, 0) is 18.6 Å². The number of pyridine rings is 1. The van der Waals surface area contributed by atoms with Crippen LogP contribution >= 0.6 is 0 Å². The highest BCUT2D eigenvalue weighted by molar-refractivity contribution is 5.96. The maximum Gasteiger partial charge on any atom is 0.251 e. The van der Waals surface area contributed by atoms with Crippen molar-refractivity contribution in [2.24, 2.45) is 11.6 Å². The zero-order valence-electron chi connectivity index (χ0n) is 10.2. The molecule has 0 atom stereocenters. The summed E-state index contributed by atoms with van der Waals surface area (Å²) in [7, 11) is 0. The molecule has 0 spiro atoms. The molecule has 7 nitrogen and oxygen atoms in total. The minimum Gasteiger partial charge on any atom is -0.368 e. The van der Waals surface area contributed by atoms with E-state index < -0.39 is 5.91 Å². The molecule has 0 saturated carbocycles. The first-order chi connectivity index (χ1) is 8.56. The fourth-order valence-corrected chi connectivity index (χ4v) is 1.45. The van der Waals surface area contributed by atoms with Crippen LogP contribution in [0.2, 0.25) is 0 Å². The number of aryl methyl sites for hydroxylation is 1. The first-order valence-electron chi connectivity index (χ1n) is 5.61. The highest BCUT2D eigenvalue weighted by Gasteiger charge is 2.10. The van der Waals surface area contributed by atoms with Crippen LogP contribution in [0.1, 0.15) is 29.4 Å². The number of primary amides is 1. The molecule has 2 amide bonds. The number of nitrogens with zero attached hydrogens (tertiary/aromatic N) is 1. The summed E-state index contributed by atoms with van der Waals surface area (Å²) in [6.45, 7) is 1.81. The lowest BCUT2D eigenvalue weighted by atomic mass is 10.1. The van der Waals surface area contributed by atoms with E-state index in [0.29, 0.717) is 11.4 Å². The van der Waals surface area contributed by atoms with Gasteiger partial charge in [-0.15, -0.1) is 0 Å². The van der Waals surface area contributed by atoms with Crippen molar-refractivity contribution in [3.63, 3.8) is 0 Å². The lowest BCUT2D eigenvalue weighted by Crippen LogP contribution is -2.33. The first kappa shape index (κ1) is 13.9. The van der Waals surface area contributed by atoms with E-state index >= 15 is 0 Å². The summed E-state index contributed by atoms with van der Waals surface area (Å²) >= 11 is 0. The van der Waals surface area contributed by atoms with Gasteiger partial charge in [-0.3, -0.25) is 9.59 Å². The molecule has 1 rings (SSSR count). The molecule has 0 aliphatic heterocycles. The number of amides is 2. The van der Waals surface area contributed by atoms with E-state index in [1.165, 1.54) is 6.07 Å². The molecular weight excluding hydrogens is 234 g/mol. The van der Waals surface area contributed by atoms with Gasteiger partial charge in [-0.1, -0.05) is 13.3 Å². The van der Waals surface area contributed by atoms with Crippen molar-refractivity contribution in [3.05, 3.63) is 23.4 Å². The summed E-state index contributed by atoms with van der Waals surface area (Å²) < 4.78 is 0. The van der Waals surface area contributed by atoms with Gasteiger partial charge in [-0.2, -0.15) is 0 Å². The maximum absolute atomic E-state index is 11.8. The second-order valence-corrected chi connectivity index (χ2v) is 3.78. The molecule has 7 heteroatoms.